The number of carbonyl (C=O) groups is 1. The van der Waals surface area contributed by atoms with E-state index in [-0.39, 0.29) is 5.91 Å². The lowest BCUT2D eigenvalue weighted by molar-refractivity contribution is 0.0953. The maximum absolute atomic E-state index is 12.4. The molecule has 112 valence electrons. The van der Waals surface area contributed by atoms with Gasteiger partial charge in [-0.15, -0.1) is 0 Å². The molecule has 2 rings (SSSR count). The first-order valence-corrected chi connectivity index (χ1v) is 8.35. The van der Waals surface area contributed by atoms with Gasteiger partial charge in [0.2, 0.25) is 0 Å². The Kier molecular flexibility index (Phi) is 5.74. The third-order valence-electron chi connectivity index (χ3n) is 3.91. The first kappa shape index (κ1) is 16.0. The van der Waals surface area contributed by atoms with Gasteiger partial charge < -0.3 is 5.32 Å². The van der Waals surface area contributed by atoms with Gasteiger partial charge in [0.1, 0.15) is 0 Å². The number of fused-ring (bicyclic) bond motifs is 1. The van der Waals surface area contributed by atoms with Crippen LogP contribution in [0.4, 0.5) is 0 Å². The molecule has 0 saturated carbocycles. The molecule has 4 heteroatoms. The topological polar surface area (TPSA) is 42.0 Å². The van der Waals surface area contributed by atoms with E-state index < -0.39 is 0 Å². The van der Waals surface area contributed by atoms with Crippen molar-refractivity contribution in [2.45, 2.75) is 31.5 Å². The van der Waals surface area contributed by atoms with Gasteiger partial charge in [0.15, 0.2) is 0 Å². The Labute approximate surface area is 134 Å². The van der Waals surface area contributed by atoms with E-state index in [1.807, 2.05) is 30.3 Å². The van der Waals surface area contributed by atoms with Crippen LogP contribution < -0.4 is 5.32 Å². The minimum atomic E-state index is -0.0380. The number of halogens is 1. The van der Waals surface area contributed by atoms with E-state index in [0.29, 0.717) is 22.9 Å². The number of rotatable bonds is 6. The van der Waals surface area contributed by atoms with E-state index in [4.69, 9.17) is 0 Å². The number of benzene rings is 1. The molecule has 3 nitrogen and oxygen atoms in total. The minimum Gasteiger partial charge on any atom is -0.351 e. The maximum Gasteiger partial charge on any atom is 0.252 e. The second-order valence-electron chi connectivity index (χ2n) is 5.18. The zero-order valence-corrected chi connectivity index (χ0v) is 14.1. The third kappa shape index (κ3) is 3.82. The second-order valence-corrected chi connectivity index (χ2v) is 6.35. The van der Waals surface area contributed by atoms with Gasteiger partial charge in [-0.2, -0.15) is 0 Å². The first-order chi connectivity index (χ1) is 10.2. The molecule has 1 atom stereocenters. The number of hydrogen-bond donors (Lipinski definition) is 1. The number of carbonyl (C=O) groups excluding carboxylic acids is 1. The van der Waals surface area contributed by atoms with Gasteiger partial charge in [0.25, 0.3) is 5.91 Å². The van der Waals surface area contributed by atoms with E-state index in [1.54, 1.807) is 6.20 Å². The molecule has 0 radical (unpaired) electrons. The average Bonchev–Trinajstić information content (AvgIpc) is 2.53. The van der Waals surface area contributed by atoms with Crippen molar-refractivity contribution in [3.05, 3.63) is 42.1 Å². The molecule has 0 aliphatic heterocycles. The summed E-state index contributed by atoms with van der Waals surface area (Å²) in [5.41, 5.74) is 1.53. The van der Waals surface area contributed by atoms with Gasteiger partial charge in [-0.05, 0) is 24.1 Å². The molecule has 1 aromatic carbocycles. The Balaban J connectivity index is 2.09. The van der Waals surface area contributed by atoms with Gasteiger partial charge in [-0.25, -0.2) is 0 Å². The largest absolute Gasteiger partial charge is 0.351 e. The highest BCUT2D eigenvalue weighted by molar-refractivity contribution is 9.09. The van der Waals surface area contributed by atoms with Crippen molar-refractivity contribution >= 4 is 32.7 Å². The summed E-state index contributed by atoms with van der Waals surface area (Å²) in [6.07, 6.45) is 3.96. The number of nitrogens with zero attached hydrogens (tertiary/aromatic N) is 1. The fourth-order valence-corrected chi connectivity index (χ4v) is 3.46. The molecule has 0 aliphatic rings. The molecule has 0 fully saturated rings. The molecular formula is C17H21BrN2O. The van der Waals surface area contributed by atoms with E-state index in [9.17, 15) is 4.79 Å². The number of alkyl halides is 1. The van der Waals surface area contributed by atoms with Crippen LogP contribution in [-0.4, -0.2) is 22.3 Å². The number of aromatic nitrogens is 1. The molecule has 0 saturated heterocycles. The highest BCUT2D eigenvalue weighted by Crippen LogP contribution is 2.20. The molecule has 0 bridgehead atoms. The molecule has 1 unspecified atom stereocenters. The minimum absolute atomic E-state index is 0.0380. The summed E-state index contributed by atoms with van der Waals surface area (Å²) in [7, 11) is 0. The highest BCUT2D eigenvalue weighted by atomic mass is 79.9. The van der Waals surface area contributed by atoms with Crippen LogP contribution in [0.15, 0.2) is 36.5 Å². The predicted octanol–water partition coefficient (Wildman–Crippen LogP) is 4.16. The van der Waals surface area contributed by atoms with Crippen molar-refractivity contribution in [1.29, 1.82) is 0 Å². The Morgan fingerprint density at radius 1 is 1.24 bits per heavy atom. The summed E-state index contributed by atoms with van der Waals surface area (Å²) < 4.78 is 0. The standard InChI is InChI=1S/C17H21BrN2O/c1-3-12(4-2)15(18)11-20-17(21)14-7-5-9-16-13(14)8-6-10-19-16/h5-10,12,15H,3-4,11H2,1-2H3,(H,20,21). The number of nitrogens with one attached hydrogen (secondary N) is 1. The summed E-state index contributed by atoms with van der Waals surface area (Å²) in [6, 6.07) is 9.43. The van der Waals surface area contributed by atoms with Crippen LogP contribution in [0.2, 0.25) is 0 Å². The molecule has 1 amide bonds. The van der Waals surface area contributed by atoms with Crippen LogP contribution in [0.3, 0.4) is 0 Å². The van der Waals surface area contributed by atoms with Crippen molar-refractivity contribution in [1.82, 2.24) is 10.3 Å². The molecular weight excluding hydrogens is 328 g/mol. The van der Waals surface area contributed by atoms with E-state index in [1.165, 1.54) is 0 Å². The third-order valence-corrected chi connectivity index (χ3v) is 4.98. The fraction of sp³-hybridized carbons (Fsp3) is 0.412. The van der Waals surface area contributed by atoms with Crippen molar-refractivity contribution in [3.63, 3.8) is 0 Å². The lowest BCUT2D eigenvalue weighted by atomic mass is 9.99. The summed E-state index contributed by atoms with van der Waals surface area (Å²) >= 11 is 3.69. The van der Waals surface area contributed by atoms with Gasteiger partial charge in [-0.3, -0.25) is 9.78 Å². The van der Waals surface area contributed by atoms with E-state index in [2.05, 4.69) is 40.1 Å². The Morgan fingerprint density at radius 2 is 2.00 bits per heavy atom. The Morgan fingerprint density at radius 3 is 2.71 bits per heavy atom. The lowest BCUT2D eigenvalue weighted by Crippen LogP contribution is -2.33. The Bertz CT molecular complexity index is 605. The smallest absolute Gasteiger partial charge is 0.252 e. The lowest BCUT2D eigenvalue weighted by Gasteiger charge is -2.20. The van der Waals surface area contributed by atoms with Crippen molar-refractivity contribution < 1.29 is 4.79 Å². The molecule has 2 aromatic rings. The van der Waals surface area contributed by atoms with Crippen molar-refractivity contribution in [3.8, 4) is 0 Å². The zero-order valence-electron chi connectivity index (χ0n) is 12.5. The fourth-order valence-electron chi connectivity index (χ4n) is 2.55. The molecule has 0 aliphatic carbocycles. The van der Waals surface area contributed by atoms with Crippen molar-refractivity contribution in [2.24, 2.45) is 5.92 Å². The van der Waals surface area contributed by atoms with Crippen molar-refractivity contribution in [2.75, 3.05) is 6.54 Å². The summed E-state index contributed by atoms with van der Waals surface area (Å²) in [6.45, 7) is 5.00. The molecule has 1 aromatic heterocycles. The van der Waals surface area contributed by atoms with Gasteiger partial charge in [0.05, 0.1) is 5.52 Å². The summed E-state index contributed by atoms with van der Waals surface area (Å²) in [5.74, 6) is 0.545. The highest BCUT2D eigenvalue weighted by Gasteiger charge is 2.17. The SMILES string of the molecule is CCC(CC)C(Br)CNC(=O)c1cccc2ncccc12. The number of amides is 1. The first-order valence-electron chi connectivity index (χ1n) is 7.43. The number of pyridine rings is 1. The van der Waals surface area contributed by atoms with E-state index >= 15 is 0 Å². The molecule has 0 spiro atoms. The monoisotopic (exact) mass is 348 g/mol. The van der Waals surface area contributed by atoms with Crippen LogP contribution in [0.1, 0.15) is 37.0 Å². The van der Waals surface area contributed by atoms with Gasteiger partial charge in [0, 0.05) is 28.5 Å². The quantitative estimate of drug-likeness (QED) is 0.796. The van der Waals surface area contributed by atoms with Gasteiger partial charge >= 0.3 is 0 Å². The van der Waals surface area contributed by atoms with Crippen LogP contribution in [0.5, 0.6) is 0 Å². The van der Waals surface area contributed by atoms with Crippen LogP contribution in [-0.2, 0) is 0 Å². The van der Waals surface area contributed by atoms with Crippen LogP contribution in [0, 0.1) is 5.92 Å². The normalized spacial score (nSPS) is 12.6. The maximum atomic E-state index is 12.4. The summed E-state index contributed by atoms with van der Waals surface area (Å²) in [5, 5.41) is 3.92. The second kappa shape index (κ2) is 7.55. The number of hydrogen-bond acceptors (Lipinski definition) is 2. The molecule has 21 heavy (non-hydrogen) atoms. The molecule has 1 heterocycles. The van der Waals surface area contributed by atoms with Crippen LogP contribution in [0.25, 0.3) is 10.9 Å². The van der Waals surface area contributed by atoms with Crippen LogP contribution >= 0.6 is 15.9 Å². The predicted molar refractivity (Wildman–Crippen MR) is 90.9 cm³/mol. The zero-order chi connectivity index (χ0) is 15.2. The molecule has 1 N–H and O–H groups in total. The van der Waals surface area contributed by atoms with Gasteiger partial charge in [-0.1, -0.05) is 54.8 Å². The average molecular weight is 349 g/mol. The Hall–Kier alpha value is -1.42. The van der Waals surface area contributed by atoms with E-state index in [0.717, 1.165) is 23.7 Å². The summed E-state index contributed by atoms with van der Waals surface area (Å²) in [4.78, 5) is 17.0.